The lowest BCUT2D eigenvalue weighted by Crippen LogP contribution is -2.76. The molecule has 0 saturated carbocycles. The molecule has 214 valence electrons. The van der Waals surface area contributed by atoms with Gasteiger partial charge in [-0.25, -0.2) is 22.4 Å². The van der Waals surface area contributed by atoms with Crippen molar-refractivity contribution in [3.8, 4) is 0 Å². The van der Waals surface area contributed by atoms with Gasteiger partial charge in [-0.2, -0.15) is 70.2 Å². The van der Waals surface area contributed by atoms with Crippen molar-refractivity contribution < 1.29 is 97.7 Å². The van der Waals surface area contributed by atoms with Gasteiger partial charge in [0.15, 0.2) is 0 Å². The van der Waals surface area contributed by atoms with Gasteiger partial charge in [-0.15, -0.1) is 0 Å². The molecule has 2 atom stereocenters. The number of rotatable bonds is 12. The van der Waals surface area contributed by atoms with Crippen molar-refractivity contribution in [1.82, 2.24) is 0 Å². The summed E-state index contributed by atoms with van der Waals surface area (Å²) in [7, 11) is 0. The van der Waals surface area contributed by atoms with Gasteiger partial charge in [-0.1, -0.05) is 6.58 Å². The van der Waals surface area contributed by atoms with Gasteiger partial charge in [-0.3, -0.25) is 0 Å². The summed E-state index contributed by atoms with van der Waals surface area (Å²) in [5, 5.41) is 8.12. The number of halogens is 20. The highest BCUT2D eigenvalue weighted by atomic mass is 19.4. The molecular weight excluding hydrogens is 580 g/mol. The lowest BCUT2D eigenvalue weighted by molar-refractivity contribution is -0.457. The SMILES string of the molecule is C=C(C(=O)O)C(F)C(F)(F)C(F)(F)C(F)(F)C(F)(F)C(F)(F)C(F)(F)C(F)(F)C(F)(F)C(F)C(F)F. The number of alkyl halides is 20. The average molecular weight is 586 g/mol. The molecule has 0 bridgehead atoms. The zero-order valence-corrected chi connectivity index (χ0v) is 15.9. The maximum Gasteiger partial charge on any atom is 0.385 e. The molecule has 0 saturated heterocycles. The van der Waals surface area contributed by atoms with E-state index in [1.165, 1.54) is 0 Å². The summed E-state index contributed by atoms with van der Waals surface area (Å²) in [6.45, 7) is 1.79. The van der Waals surface area contributed by atoms with Gasteiger partial charge in [0.1, 0.15) is 0 Å². The maximum absolute atomic E-state index is 13.5. The summed E-state index contributed by atoms with van der Waals surface area (Å²) in [6.07, 6.45) is -16.7. The summed E-state index contributed by atoms with van der Waals surface area (Å²) in [6, 6.07) is 0. The zero-order valence-electron chi connectivity index (χ0n) is 15.9. The van der Waals surface area contributed by atoms with Crippen molar-refractivity contribution >= 4 is 5.97 Å². The molecule has 0 heterocycles. The minimum Gasteiger partial charge on any atom is -0.478 e. The molecule has 0 aliphatic rings. The van der Waals surface area contributed by atoms with Crippen LogP contribution in [0, 0.1) is 0 Å². The van der Waals surface area contributed by atoms with Gasteiger partial charge in [0.05, 0.1) is 5.57 Å². The molecule has 0 rings (SSSR count). The molecule has 0 aromatic rings. The molecule has 0 aliphatic heterocycles. The van der Waals surface area contributed by atoms with Crippen molar-refractivity contribution in [2.75, 3.05) is 0 Å². The second-order valence-electron chi connectivity index (χ2n) is 6.62. The fourth-order valence-corrected chi connectivity index (χ4v) is 2.03. The van der Waals surface area contributed by atoms with E-state index < -0.39 is 77.7 Å². The summed E-state index contributed by atoms with van der Waals surface area (Å²) < 4.78 is 264. The Morgan fingerprint density at radius 3 is 1.03 bits per heavy atom. The largest absolute Gasteiger partial charge is 0.478 e. The molecule has 0 aromatic heterocycles. The average Bonchev–Trinajstić information content (AvgIpc) is 2.70. The highest BCUT2D eigenvalue weighted by molar-refractivity contribution is 5.87. The van der Waals surface area contributed by atoms with E-state index in [0.29, 0.717) is 0 Å². The van der Waals surface area contributed by atoms with Crippen LogP contribution in [0.15, 0.2) is 12.2 Å². The Balaban J connectivity index is 6.99. The van der Waals surface area contributed by atoms with Gasteiger partial charge < -0.3 is 5.11 Å². The Morgan fingerprint density at radius 2 is 0.778 bits per heavy atom. The molecule has 2 nitrogen and oxygen atoms in total. The van der Waals surface area contributed by atoms with Crippen molar-refractivity contribution in [2.24, 2.45) is 0 Å². The van der Waals surface area contributed by atoms with E-state index in [1.807, 2.05) is 0 Å². The summed E-state index contributed by atoms with van der Waals surface area (Å²) >= 11 is 0. The Morgan fingerprint density at radius 1 is 0.528 bits per heavy atom. The van der Waals surface area contributed by atoms with Gasteiger partial charge in [0.25, 0.3) is 6.43 Å². The van der Waals surface area contributed by atoms with Crippen molar-refractivity contribution in [2.45, 2.75) is 66.1 Å². The molecule has 36 heavy (non-hydrogen) atoms. The van der Waals surface area contributed by atoms with Crippen LogP contribution in [0.1, 0.15) is 0 Å². The normalized spacial score (nSPS) is 17.2. The molecule has 0 radical (unpaired) electrons. The maximum atomic E-state index is 13.5. The van der Waals surface area contributed by atoms with Crippen LogP contribution in [-0.2, 0) is 4.79 Å². The fourth-order valence-electron chi connectivity index (χ4n) is 2.03. The van der Waals surface area contributed by atoms with E-state index in [-0.39, 0.29) is 0 Å². The third kappa shape index (κ3) is 4.20. The Bertz CT molecular complexity index is 845. The van der Waals surface area contributed by atoms with Crippen LogP contribution in [0.25, 0.3) is 0 Å². The Labute approximate surface area is 183 Å². The smallest absolute Gasteiger partial charge is 0.385 e. The molecular formula is C14H6F20O2. The first-order valence-corrected chi connectivity index (χ1v) is 7.88. The Hall–Kier alpha value is -2.19. The standard InChI is InChI=1S/C14H6F20O2/c1-2(6(35)36)3(15)7(19,20)9(23,24)11(27,28)13(31,32)14(33,34)12(29,30)10(25,26)8(21,22)4(16)5(17)18/h3-5H,1H2,(H,35,36). The molecule has 0 aromatic carbocycles. The first-order valence-electron chi connectivity index (χ1n) is 7.88. The topological polar surface area (TPSA) is 37.3 Å². The van der Waals surface area contributed by atoms with Crippen molar-refractivity contribution in [3.63, 3.8) is 0 Å². The summed E-state index contributed by atoms with van der Waals surface area (Å²) in [4.78, 5) is 10.2. The van der Waals surface area contributed by atoms with Gasteiger partial charge in [-0.05, 0) is 0 Å². The first kappa shape index (κ1) is 33.8. The third-order valence-corrected chi connectivity index (χ3v) is 4.28. The summed E-state index contributed by atoms with van der Waals surface area (Å²) in [5.41, 5.74) is -2.84. The number of carboxylic acids is 1. The van der Waals surface area contributed by atoms with E-state index in [9.17, 15) is 92.6 Å². The van der Waals surface area contributed by atoms with Crippen LogP contribution in [-0.4, -0.2) is 77.2 Å². The third-order valence-electron chi connectivity index (χ3n) is 4.28. The van der Waals surface area contributed by atoms with Crippen molar-refractivity contribution in [3.05, 3.63) is 12.2 Å². The van der Waals surface area contributed by atoms with Crippen LogP contribution in [0.2, 0.25) is 0 Å². The first-order chi connectivity index (χ1) is 15.4. The quantitative estimate of drug-likeness (QED) is 0.206. The predicted octanol–water partition coefficient (Wildman–Crippen LogP) is 6.65. The van der Waals surface area contributed by atoms with E-state index in [4.69, 9.17) is 5.11 Å². The second kappa shape index (κ2) is 8.98. The van der Waals surface area contributed by atoms with Gasteiger partial charge in [0.2, 0.25) is 12.3 Å². The van der Waals surface area contributed by atoms with Crippen LogP contribution < -0.4 is 0 Å². The molecule has 22 heteroatoms. The highest BCUT2D eigenvalue weighted by Crippen LogP contribution is 2.64. The minimum atomic E-state index is -9.05. The zero-order chi connectivity index (χ0) is 29.9. The van der Waals surface area contributed by atoms with E-state index in [1.54, 1.807) is 6.58 Å². The lowest BCUT2D eigenvalue weighted by atomic mass is 9.85. The lowest BCUT2D eigenvalue weighted by Gasteiger charge is -2.44. The van der Waals surface area contributed by atoms with E-state index >= 15 is 0 Å². The highest BCUT2D eigenvalue weighted by Gasteiger charge is 2.95. The Kier molecular flexibility index (Phi) is 8.43. The second-order valence-corrected chi connectivity index (χ2v) is 6.62. The molecule has 1 N–H and O–H groups in total. The fraction of sp³-hybridized carbons (Fsp3) is 0.786. The number of hydrogen-bond donors (Lipinski definition) is 1. The predicted molar refractivity (Wildman–Crippen MR) is 72.1 cm³/mol. The molecule has 0 fully saturated rings. The van der Waals surface area contributed by atoms with E-state index in [0.717, 1.165) is 0 Å². The van der Waals surface area contributed by atoms with Crippen LogP contribution in [0.5, 0.6) is 0 Å². The number of carbonyl (C=O) groups is 1. The molecule has 2 unspecified atom stereocenters. The molecule has 0 amide bonds. The van der Waals surface area contributed by atoms with Gasteiger partial charge in [0, 0.05) is 0 Å². The van der Waals surface area contributed by atoms with Crippen LogP contribution >= 0.6 is 0 Å². The molecule has 0 aliphatic carbocycles. The summed E-state index contributed by atoms with van der Waals surface area (Å²) in [5.74, 6) is -71.3. The van der Waals surface area contributed by atoms with Gasteiger partial charge >= 0.3 is 53.3 Å². The van der Waals surface area contributed by atoms with Crippen molar-refractivity contribution in [1.29, 1.82) is 0 Å². The molecule has 0 spiro atoms. The van der Waals surface area contributed by atoms with Crippen LogP contribution in [0.3, 0.4) is 0 Å². The van der Waals surface area contributed by atoms with Crippen LogP contribution in [0.4, 0.5) is 87.8 Å². The minimum absolute atomic E-state index is 1.79. The number of carboxylic acid groups (broad SMARTS) is 1. The van der Waals surface area contributed by atoms with E-state index in [2.05, 4.69) is 0 Å². The number of aliphatic carboxylic acids is 1. The monoisotopic (exact) mass is 586 g/mol. The number of hydrogen-bond acceptors (Lipinski definition) is 1.